The molecule has 0 atom stereocenters. The molecule has 4 rings (SSSR count). The van der Waals surface area contributed by atoms with E-state index in [2.05, 4.69) is 5.32 Å². The molecule has 2 heterocycles. The minimum atomic E-state index is -0.619. The van der Waals surface area contributed by atoms with Gasteiger partial charge < -0.3 is 19.4 Å². The van der Waals surface area contributed by atoms with Gasteiger partial charge in [-0.25, -0.2) is 0 Å². The van der Waals surface area contributed by atoms with Crippen molar-refractivity contribution in [3.05, 3.63) is 54.3 Å². The lowest BCUT2D eigenvalue weighted by Crippen LogP contribution is -2.42. The third-order valence-corrected chi connectivity index (χ3v) is 5.02. The Balaban J connectivity index is 1.61. The summed E-state index contributed by atoms with van der Waals surface area (Å²) in [6.07, 6.45) is 0.839. The Hall–Kier alpha value is -3.28. The summed E-state index contributed by atoms with van der Waals surface area (Å²) >= 11 is 0. The largest absolute Gasteiger partial charge is 0.490 e. The lowest BCUT2D eigenvalue weighted by Gasteiger charge is -2.27. The number of benzene rings is 2. The highest BCUT2D eigenvalue weighted by molar-refractivity contribution is 6.05. The van der Waals surface area contributed by atoms with Crippen molar-refractivity contribution in [2.75, 3.05) is 23.4 Å². The lowest BCUT2D eigenvalue weighted by atomic mass is 9.93. The maximum atomic E-state index is 12.9. The van der Waals surface area contributed by atoms with Gasteiger partial charge >= 0.3 is 0 Å². The van der Waals surface area contributed by atoms with Gasteiger partial charge in [-0.1, -0.05) is 25.1 Å². The Morgan fingerprint density at radius 2 is 1.97 bits per heavy atom. The fraction of sp³-hybridized carbons (Fsp3) is 0.304. The van der Waals surface area contributed by atoms with Crippen LogP contribution in [0.25, 0.3) is 11.0 Å². The highest BCUT2D eigenvalue weighted by Gasteiger charge is 2.37. The third-order valence-electron chi connectivity index (χ3n) is 5.02. The quantitative estimate of drug-likeness (QED) is 0.689. The van der Waals surface area contributed by atoms with E-state index in [1.54, 1.807) is 23.1 Å². The van der Waals surface area contributed by atoms with E-state index in [0.29, 0.717) is 23.6 Å². The highest BCUT2D eigenvalue weighted by Crippen LogP contribution is 2.38. The molecule has 0 aliphatic carbocycles. The number of rotatable bonds is 4. The van der Waals surface area contributed by atoms with Crippen LogP contribution in [-0.4, -0.2) is 25.0 Å². The van der Waals surface area contributed by atoms with E-state index in [1.165, 1.54) is 0 Å². The summed E-state index contributed by atoms with van der Waals surface area (Å²) in [6, 6.07) is 14.5. The lowest BCUT2D eigenvalue weighted by molar-refractivity contribution is -0.127. The Bertz CT molecular complexity index is 1050. The molecule has 150 valence electrons. The van der Waals surface area contributed by atoms with Crippen LogP contribution in [0.15, 0.2) is 52.9 Å². The molecule has 1 N–H and O–H groups in total. The first-order valence-corrected chi connectivity index (χ1v) is 9.78. The Labute approximate surface area is 169 Å². The van der Waals surface area contributed by atoms with E-state index in [4.69, 9.17) is 9.15 Å². The van der Waals surface area contributed by atoms with Crippen molar-refractivity contribution in [2.24, 2.45) is 5.41 Å². The summed E-state index contributed by atoms with van der Waals surface area (Å²) in [4.78, 5) is 27.3. The number of furan rings is 1. The molecule has 2 aromatic carbocycles. The third kappa shape index (κ3) is 3.58. The van der Waals surface area contributed by atoms with E-state index in [9.17, 15) is 9.59 Å². The molecular formula is C23H24N2O4. The first-order chi connectivity index (χ1) is 13.9. The molecule has 1 aliphatic heterocycles. The standard InChI is InChI=1S/C23H24N2O4/c1-4-11-25-17-10-9-16(13-19(17)28-14-23(2,3)22(25)27)24-21(26)20-12-15-7-5-6-8-18(15)29-20/h5-10,12-13H,4,11,14H2,1-3H3,(H,24,26). The molecule has 0 unspecified atom stereocenters. The van der Waals surface area contributed by atoms with E-state index in [1.807, 2.05) is 51.1 Å². The average Bonchev–Trinajstić information content (AvgIpc) is 3.11. The number of amides is 2. The highest BCUT2D eigenvalue weighted by atomic mass is 16.5. The molecule has 3 aromatic rings. The second-order valence-corrected chi connectivity index (χ2v) is 7.91. The normalized spacial score (nSPS) is 15.6. The molecule has 29 heavy (non-hydrogen) atoms. The fourth-order valence-electron chi connectivity index (χ4n) is 3.46. The maximum absolute atomic E-state index is 12.9. The van der Waals surface area contributed by atoms with Gasteiger partial charge in [0.1, 0.15) is 17.9 Å². The molecule has 0 saturated carbocycles. The van der Waals surface area contributed by atoms with Crippen LogP contribution < -0.4 is 15.0 Å². The number of carbonyl (C=O) groups is 2. The number of hydrogen-bond donors (Lipinski definition) is 1. The second-order valence-electron chi connectivity index (χ2n) is 7.91. The summed E-state index contributed by atoms with van der Waals surface area (Å²) in [7, 11) is 0. The monoisotopic (exact) mass is 392 g/mol. The first-order valence-electron chi connectivity index (χ1n) is 9.78. The van der Waals surface area contributed by atoms with Gasteiger partial charge in [-0.05, 0) is 44.5 Å². The summed E-state index contributed by atoms with van der Waals surface area (Å²) in [5, 5.41) is 3.73. The topological polar surface area (TPSA) is 71.8 Å². The molecule has 0 fully saturated rings. The van der Waals surface area contributed by atoms with Crippen LogP contribution in [-0.2, 0) is 4.79 Å². The van der Waals surface area contributed by atoms with Crippen molar-refractivity contribution in [3.8, 4) is 5.75 Å². The van der Waals surface area contributed by atoms with Crippen LogP contribution in [0.2, 0.25) is 0 Å². The van der Waals surface area contributed by atoms with Crippen LogP contribution in [0.5, 0.6) is 5.75 Å². The van der Waals surface area contributed by atoms with Gasteiger partial charge in [0.2, 0.25) is 5.91 Å². The number of anilines is 2. The number of nitrogens with one attached hydrogen (secondary N) is 1. The van der Waals surface area contributed by atoms with E-state index in [-0.39, 0.29) is 24.2 Å². The second kappa shape index (κ2) is 7.28. The first kappa shape index (κ1) is 19.1. The number of fused-ring (bicyclic) bond motifs is 2. The summed E-state index contributed by atoms with van der Waals surface area (Å²) < 4.78 is 11.6. The zero-order valence-corrected chi connectivity index (χ0v) is 16.8. The average molecular weight is 392 g/mol. The molecule has 0 spiro atoms. The zero-order chi connectivity index (χ0) is 20.6. The molecule has 2 amide bonds. The van der Waals surface area contributed by atoms with Crippen LogP contribution in [0.1, 0.15) is 37.7 Å². The minimum Gasteiger partial charge on any atom is -0.490 e. The van der Waals surface area contributed by atoms with Crippen molar-refractivity contribution in [3.63, 3.8) is 0 Å². The van der Waals surface area contributed by atoms with Crippen molar-refractivity contribution in [2.45, 2.75) is 27.2 Å². The van der Waals surface area contributed by atoms with Crippen molar-refractivity contribution < 1.29 is 18.7 Å². The minimum absolute atomic E-state index is 0.0390. The number of hydrogen-bond acceptors (Lipinski definition) is 4. The van der Waals surface area contributed by atoms with E-state index >= 15 is 0 Å². The molecule has 6 heteroatoms. The van der Waals surface area contributed by atoms with Crippen LogP contribution in [0.4, 0.5) is 11.4 Å². The van der Waals surface area contributed by atoms with Crippen molar-refractivity contribution in [1.82, 2.24) is 0 Å². The Morgan fingerprint density at radius 1 is 1.17 bits per heavy atom. The Kier molecular flexibility index (Phi) is 4.78. The Morgan fingerprint density at radius 3 is 2.72 bits per heavy atom. The summed E-state index contributed by atoms with van der Waals surface area (Å²) in [5.41, 5.74) is 1.35. The molecule has 0 saturated heterocycles. The van der Waals surface area contributed by atoms with Gasteiger partial charge in [-0.2, -0.15) is 0 Å². The molecule has 0 bridgehead atoms. The van der Waals surface area contributed by atoms with Gasteiger partial charge in [0, 0.05) is 23.7 Å². The van der Waals surface area contributed by atoms with Crippen LogP contribution in [0.3, 0.4) is 0 Å². The van der Waals surface area contributed by atoms with E-state index < -0.39 is 5.41 Å². The maximum Gasteiger partial charge on any atom is 0.291 e. The molecule has 1 aliphatic rings. The number of para-hydroxylation sites is 1. The number of nitrogens with zero attached hydrogens (tertiary/aromatic N) is 1. The van der Waals surface area contributed by atoms with E-state index in [0.717, 1.165) is 17.5 Å². The van der Waals surface area contributed by atoms with Crippen LogP contribution >= 0.6 is 0 Å². The summed E-state index contributed by atoms with van der Waals surface area (Å²) in [5.74, 6) is 0.527. The predicted octanol–water partition coefficient (Wildman–Crippen LogP) is 4.85. The van der Waals surface area contributed by atoms with Crippen molar-refractivity contribution in [1.29, 1.82) is 0 Å². The van der Waals surface area contributed by atoms with Gasteiger partial charge in [0.05, 0.1) is 11.1 Å². The molecule has 1 aromatic heterocycles. The number of carbonyl (C=O) groups excluding carboxylic acids is 2. The summed E-state index contributed by atoms with van der Waals surface area (Å²) in [6.45, 7) is 6.69. The number of ether oxygens (including phenoxy) is 1. The van der Waals surface area contributed by atoms with Crippen LogP contribution in [0, 0.1) is 5.41 Å². The SMILES string of the molecule is CCCN1C(=O)C(C)(C)COc2cc(NC(=O)c3cc4ccccc4o3)ccc21. The van der Waals surface area contributed by atoms with Gasteiger partial charge in [0.25, 0.3) is 5.91 Å². The smallest absolute Gasteiger partial charge is 0.291 e. The molecule has 0 radical (unpaired) electrons. The zero-order valence-electron chi connectivity index (χ0n) is 16.8. The fourth-order valence-corrected chi connectivity index (χ4v) is 3.46. The molecule has 6 nitrogen and oxygen atoms in total. The van der Waals surface area contributed by atoms with Crippen molar-refractivity contribution >= 4 is 34.2 Å². The van der Waals surface area contributed by atoms with Gasteiger partial charge in [-0.15, -0.1) is 0 Å². The van der Waals surface area contributed by atoms with Gasteiger partial charge in [-0.3, -0.25) is 9.59 Å². The molecular weight excluding hydrogens is 368 g/mol. The predicted molar refractivity (Wildman–Crippen MR) is 113 cm³/mol. The van der Waals surface area contributed by atoms with Gasteiger partial charge in [0.15, 0.2) is 5.76 Å².